The molecule has 2 aliphatic rings. The molecule has 0 spiro atoms. The lowest BCUT2D eigenvalue weighted by molar-refractivity contribution is 0.297. The van der Waals surface area contributed by atoms with Crippen molar-refractivity contribution in [2.45, 2.75) is 76.7 Å². The van der Waals surface area contributed by atoms with Crippen molar-refractivity contribution in [1.29, 1.82) is 0 Å². The van der Waals surface area contributed by atoms with E-state index in [9.17, 15) is 0 Å². The molecule has 0 bridgehead atoms. The molecule has 0 aliphatic carbocycles. The van der Waals surface area contributed by atoms with Gasteiger partial charge >= 0.3 is 0 Å². The zero-order chi connectivity index (χ0) is 19.6. The lowest BCUT2D eigenvalue weighted by Crippen LogP contribution is -2.13. The maximum atomic E-state index is 6.33. The quantitative estimate of drug-likeness (QED) is 0.309. The van der Waals surface area contributed by atoms with E-state index in [1.54, 1.807) is 0 Å². The van der Waals surface area contributed by atoms with Gasteiger partial charge in [-0.15, -0.1) is 0 Å². The van der Waals surface area contributed by atoms with Gasteiger partial charge in [-0.2, -0.15) is 0 Å². The maximum absolute atomic E-state index is 6.33. The highest BCUT2D eigenvalue weighted by Gasteiger charge is 2.29. The molecule has 1 aromatic rings. The molecule has 0 N–H and O–H groups in total. The Morgan fingerprint density at radius 1 is 0.679 bits per heavy atom. The summed E-state index contributed by atoms with van der Waals surface area (Å²) < 4.78 is 12.7. The molecule has 0 aromatic heterocycles. The molecule has 28 heavy (non-hydrogen) atoms. The van der Waals surface area contributed by atoms with Gasteiger partial charge in [0.1, 0.15) is 46.0 Å². The van der Waals surface area contributed by atoms with E-state index in [1.165, 1.54) is 84.2 Å². The van der Waals surface area contributed by atoms with Crippen LogP contribution >= 0.6 is 0 Å². The largest absolute Gasteiger partial charge is 0.493 e. The van der Waals surface area contributed by atoms with Crippen molar-refractivity contribution in [3.8, 4) is 11.5 Å². The third-order valence-corrected chi connectivity index (χ3v) is 10.6. The first-order valence-electron chi connectivity index (χ1n) is 11.5. The monoisotopic (exact) mass is 424 g/mol. The van der Waals surface area contributed by atoms with Crippen LogP contribution in [0.5, 0.6) is 11.5 Å². The van der Waals surface area contributed by atoms with Crippen LogP contribution in [0, 0.1) is 0 Å². The Bertz CT molecular complexity index is 526. The van der Waals surface area contributed by atoms with E-state index in [-0.39, 0.29) is 0 Å². The van der Waals surface area contributed by atoms with Gasteiger partial charge < -0.3 is 9.47 Å². The van der Waals surface area contributed by atoms with Crippen molar-refractivity contribution in [1.82, 2.24) is 0 Å². The third kappa shape index (κ3) is 6.79. The molecule has 0 atom stereocenters. The van der Waals surface area contributed by atoms with Gasteiger partial charge in [0.2, 0.25) is 0 Å². The van der Waals surface area contributed by atoms with Gasteiger partial charge in [0.05, 0.1) is 13.2 Å². The van der Waals surface area contributed by atoms with Crippen LogP contribution in [0.1, 0.15) is 76.3 Å². The van der Waals surface area contributed by atoms with E-state index < -0.39 is 0 Å². The number of unbranched alkanes of at least 4 members (excludes halogenated alkanes) is 2. The smallest absolute Gasteiger partial charge is 0.136 e. The summed E-state index contributed by atoms with van der Waals surface area (Å²) in [5.41, 5.74) is 2.82. The Morgan fingerprint density at radius 2 is 1.07 bits per heavy atom. The molecule has 0 radical (unpaired) electrons. The Balaban J connectivity index is 1.81. The van der Waals surface area contributed by atoms with E-state index in [2.05, 4.69) is 26.0 Å². The third-order valence-electron chi connectivity index (χ3n) is 5.71. The van der Waals surface area contributed by atoms with Crippen molar-refractivity contribution in [3.63, 3.8) is 0 Å². The fourth-order valence-electron chi connectivity index (χ4n) is 3.95. The molecule has 3 rings (SSSR count). The van der Waals surface area contributed by atoms with Crippen molar-refractivity contribution in [2.75, 3.05) is 36.2 Å². The molecule has 2 aliphatic heterocycles. The average Bonchev–Trinajstić information content (AvgIpc) is 3.39. The van der Waals surface area contributed by atoms with Crippen molar-refractivity contribution in [2.24, 2.45) is 0 Å². The van der Waals surface area contributed by atoms with Crippen LogP contribution in [0.2, 0.25) is 0 Å². The standard InChI is InChI=1S/C24H40O2S2/c1-3-5-11-25-23-17-22(20-28-15-9-10-16-28)24(26-12-6-4-2)18-21(23)19-27-13-7-8-14-27/h17-18H,3-16,19-20H2,1-2H3/q+2. The van der Waals surface area contributed by atoms with E-state index in [1.807, 2.05) is 0 Å². The molecule has 2 heterocycles. The first-order chi connectivity index (χ1) is 13.8. The van der Waals surface area contributed by atoms with Crippen LogP contribution < -0.4 is 9.47 Å². The minimum Gasteiger partial charge on any atom is -0.493 e. The highest BCUT2D eigenvalue weighted by atomic mass is 32.2. The number of ether oxygens (including phenoxy) is 2. The zero-order valence-corrected chi connectivity index (χ0v) is 19.7. The predicted molar refractivity (Wildman–Crippen MR) is 127 cm³/mol. The first-order valence-corrected chi connectivity index (χ1v) is 15.0. The molecule has 1 aromatic carbocycles. The molecule has 4 heteroatoms. The first kappa shape index (κ1) is 22.2. The van der Waals surface area contributed by atoms with Gasteiger partial charge in [0.25, 0.3) is 0 Å². The normalized spacial score (nSPS) is 18.1. The van der Waals surface area contributed by atoms with Gasteiger partial charge in [-0.1, -0.05) is 26.7 Å². The number of benzene rings is 1. The Labute approximate surface area is 178 Å². The molecular formula is C24H40O2S2+2. The highest BCUT2D eigenvalue weighted by Crippen LogP contribution is 2.35. The lowest BCUT2D eigenvalue weighted by Gasteiger charge is -2.17. The van der Waals surface area contributed by atoms with Crippen LogP contribution in [-0.2, 0) is 33.3 Å². The summed E-state index contributed by atoms with van der Waals surface area (Å²) in [5.74, 6) is 10.3. The summed E-state index contributed by atoms with van der Waals surface area (Å²) in [6, 6.07) is 4.74. The average molecular weight is 425 g/mol. The fourth-order valence-corrected chi connectivity index (χ4v) is 8.71. The molecule has 2 saturated heterocycles. The van der Waals surface area contributed by atoms with Crippen LogP contribution in [0.25, 0.3) is 0 Å². The Kier molecular flexibility index (Phi) is 9.73. The molecular weight excluding hydrogens is 384 g/mol. The van der Waals surface area contributed by atoms with Gasteiger partial charge in [-0.25, -0.2) is 0 Å². The molecule has 0 unspecified atom stereocenters. The molecule has 2 nitrogen and oxygen atoms in total. The Hall–Kier alpha value is -0.480. The fraction of sp³-hybridized carbons (Fsp3) is 0.750. The minimum absolute atomic E-state index is 0.544. The van der Waals surface area contributed by atoms with Gasteiger partial charge in [-0.05, 0) is 72.4 Å². The summed E-state index contributed by atoms with van der Waals surface area (Å²) >= 11 is 0. The summed E-state index contributed by atoms with van der Waals surface area (Å²) in [6.45, 7) is 6.17. The van der Waals surface area contributed by atoms with Crippen molar-refractivity contribution >= 4 is 21.8 Å². The van der Waals surface area contributed by atoms with Crippen LogP contribution in [0.3, 0.4) is 0 Å². The highest BCUT2D eigenvalue weighted by molar-refractivity contribution is 7.96. The number of hydrogen-bond donors (Lipinski definition) is 0. The van der Waals surface area contributed by atoms with E-state index in [0.29, 0.717) is 21.8 Å². The summed E-state index contributed by atoms with van der Waals surface area (Å²) in [5, 5.41) is 0. The van der Waals surface area contributed by atoms with Gasteiger partial charge in [0.15, 0.2) is 0 Å². The molecule has 2 fully saturated rings. The SMILES string of the molecule is CCCCOc1cc(C[S+]2CCCC2)c(OCCCC)cc1C[S+]1CCCC1. The summed E-state index contributed by atoms with van der Waals surface area (Å²) in [4.78, 5) is 0. The number of rotatable bonds is 12. The second kappa shape index (κ2) is 12.3. The van der Waals surface area contributed by atoms with E-state index >= 15 is 0 Å². The molecule has 158 valence electrons. The maximum Gasteiger partial charge on any atom is 0.136 e. The van der Waals surface area contributed by atoms with Gasteiger partial charge in [0, 0.05) is 11.1 Å². The summed E-state index contributed by atoms with van der Waals surface area (Å²) in [6.07, 6.45) is 10.3. The van der Waals surface area contributed by atoms with Crippen LogP contribution in [0.4, 0.5) is 0 Å². The second-order valence-corrected chi connectivity index (χ2v) is 12.9. The zero-order valence-electron chi connectivity index (χ0n) is 18.1. The van der Waals surface area contributed by atoms with E-state index in [4.69, 9.17) is 9.47 Å². The van der Waals surface area contributed by atoms with Crippen LogP contribution in [0.15, 0.2) is 12.1 Å². The predicted octanol–water partition coefficient (Wildman–Crippen LogP) is 5.87. The lowest BCUT2D eigenvalue weighted by atomic mass is 10.1. The minimum atomic E-state index is 0.544. The molecule has 0 saturated carbocycles. The van der Waals surface area contributed by atoms with Gasteiger partial charge in [-0.3, -0.25) is 0 Å². The van der Waals surface area contributed by atoms with E-state index in [0.717, 1.165) is 37.6 Å². The van der Waals surface area contributed by atoms with Crippen molar-refractivity contribution < 1.29 is 9.47 Å². The van der Waals surface area contributed by atoms with Crippen LogP contribution in [-0.4, -0.2) is 36.2 Å². The summed E-state index contributed by atoms with van der Waals surface area (Å²) in [7, 11) is 1.09. The van der Waals surface area contributed by atoms with Crippen molar-refractivity contribution in [3.05, 3.63) is 23.3 Å². The topological polar surface area (TPSA) is 18.5 Å². The second-order valence-electron chi connectivity index (χ2n) is 8.22. The molecule has 0 amide bonds. The number of hydrogen-bond acceptors (Lipinski definition) is 2. The Morgan fingerprint density at radius 3 is 1.43 bits per heavy atom.